The maximum absolute atomic E-state index is 8.69. The Balaban J connectivity index is 2.86. The molecule has 0 unspecified atom stereocenters. The van der Waals surface area contributed by atoms with Crippen LogP contribution in [0.15, 0.2) is 12.1 Å². The molecule has 0 aliphatic carbocycles. The van der Waals surface area contributed by atoms with Gasteiger partial charge < -0.3 is 14.9 Å². The van der Waals surface area contributed by atoms with Gasteiger partial charge in [-0.3, -0.25) is 0 Å². The Kier molecular flexibility index (Phi) is 2.62. The summed E-state index contributed by atoms with van der Waals surface area (Å²) in [7, 11) is 2.12. The summed E-state index contributed by atoms with van der Waals surface area (Å²) in [5, 5.41) is 24.7. The van der Waals surface area contributed by atoms with Crippen LogP contribution in [0.2, 0.25) is 0 Å². The molecule has 1 aromatic heterocycles. The van der Waals surface area contributed by atoms with E-state index in [9.17, 15) is 0 Å². The van der Waals surface area contributed by atoms with Gasteiger partial charge in [-0.15, -0.1) is 5.10 Å². The molecule has 64 valence electrons. The summed E-state index contributed by atoms with van der Waals surface area (Å²) in [4.78, 5) is 1.78. The van der Waals surface area contributed by atoms with E-state index in [0.717, 1.165) is 0 Å². The molecule has 1 heterocycles. The highest BCUT2D eigenvalue weighted by molar-refractivity contribution is 6.57. The fourth-order valence-corrected chi connectivity index (χ4v) is 0.712. The second kappa shape index (κ2) is 3.51. The minimum absolute atomic E-state index is 0.153. The molecule has 0 saturated carbocycles. The van der Waals surface area contributed by atoms with Crippen molar-refractivity contribution in [2.24, 2.45) is 0 Å². The van der Waals surface area contributed by atoms with E-state index in [0.29, 0.717) is 5.82 Å². The number of nitrogens with zero attached hydrogens (tertiary/aromatic N) is 3. The highest BCUT2D eigenvalue weighted by Gasteiger charge is 2.12. The lowest BCUT2D eigenvalue weighted by molar-refractivity contribution is 0.423. The van der Waals surface area contributed by atoms with Crippen LogP contribution in [0.1, 0.15) is 0 Å². The monoisotopic (exact) mass is 167 g/mol. The number of hydrogen-bond acceptors (Lipinski definition) is 5. The maximum atomic E-state index is 8.69. The van der Waals surface area contributed by atoms with Crippen LogP contribution in [0.3, 0.4) is 0 Å². The molecule has 0 bridgehead atoms. The Morgan fingerprint density at radius 3 is 2.25 bits per heavy atom. The van der Waals surface area contributed by atoms with Crippen molar-refractivity contribution in [2.75, 3.05) is 19.0 Å². The summed E-state index contributed by atoms with van der Waals surface area (Å²) < 4.78 is 0. The van der Waals surface area contributed by atoms with Crippen LogP contribution in [-0.2, 0) is 0 Å². The third-order valence-corrected chi connectivity index (χ3v) is 1.39. The zero-order chi connectivity index (χ0) is 9.14. The van der Waals surface area contributed by atoms with Gasteiger partial charge in [-0.25, -0.2) is 0 Å². The van der Waals surface area contributed by atoms with Gasteiger partial charge in [-0.2, -0.15) is 5.10 Å². The molecule has 0 fully saturated rings. The summed E-state index contributed by atoms with van der Waals surface area (Å²) >= 11 is 0. The van der Waals surface area contributed by atoms with Crippen molar-refractivity contribution in [1.29, 1.82) is 0 Å². The zero-order valence-electron chi connectivity index (χ0n) is 6.97. The second-order valence-electron chi connectivity index (χ2n) is 2.58. The van der Waals surface area contributed by atoms with E-state index in [2.05, 4.69) is 10.2 Å². The van der Waals surface area contributed by atoms with Crippen molar-refractivity contribution in [3.63, 3.8) is 0 Å². The van der Waals surface area contributed by atoms with Gasteiger partial charge >= 0.3 is 7.12 Å². The average molecular weight is 167 g/mol. The first kappa shape index (κ1) is 8.96. The maximum Gasteiger partial charge on any atom is 0.510 e. The molecule has 0 aliphatic rings. The molecular formula is C6H10BN3O2. The first-order valence-electron chi connectivity index (χ1n) is 3.48. The molecule has 5 nitrogen and oxygen atoms in total. The fourth-order valence-electron chi connectivity index (χ4n) is 0.712. The van der Waals surface area contributed by atoms with Gasteiger partial charge in [0, 0.05) is 14.1 Å². The molecule has 0 saturated heterocycles. The van der Waals surface area contributed by atoms with Crippen molar-refractivity contribution >= 4 is 18.5 Å². The molecule has 1 rings (SSSR count). The molecule has 0 atom stereocenters. The van der Waals surface area contributed by atoms with Crippen LogP contribution >= 0.6 is 0 Å². The Labute approximate surface area is 70.8 Å². The van der Waals surface area contributed by atoms with E-state index in [4.69, 9.17) is 10.0 Å². The van der Waals surface area contributed by atoms with Gasteiger partial charge in [0.2, 0.25) is 0 Å². The van der Waals surface area contributed by atoms with Crippen LogP contribution in [0.5, 0.6) is 0 Å². The van der Waals surface area contributed by atoms with Crippen LogP contribution in [0.25, 0.3) is 0 Å². The van der Waals surface area contributed by atoms with Crippen molar-refractivity contribution < 1.29 is 10.0 Å². The topological polar surface area (TPSA) is 69.5 Å². The second-order valence-corrected chi connectivity index (χ2v) is 2.58. The largest absolute Gasteiger partial charge is 0.510 e. The highest BCUT2D eigenvalue weighted by Crippen LogP contribution is 2.00. The zero-order valence-corrected chi connectivity index (χ0v) is 6.97. The number of anilines is 1. The lowest BCUT2D eigenvalue weighted by Gasteiger charge is -2.09. The van der Waals surface area contributed by atoms with E-state index >= 15 is 0 Å². The van der Waals surface area contributed by atoms with Gasteiger partial charge in [0.15, 0.2) is 5.82 Å². The average Bonchev–Trinajstić information content (AvgIpc) is 2.04. The van der Waals surface area contributed by atoms with Gasteiger partial charge in [-0.1, -0.05) is 0 Å². The lowest BCUT2D eigenvalue weighted by Crippen LogP contribution is -2.33. The Hall–Kier alpha value is -1.14. The van der Waals surface area contributed by atoms with E-state index in [-0.39, 0.29) is 5.59 Å². The van der Waals surface area contributed by atoms with Crippen LogP contribution in [0.4, 0.5) is 5.82 Å². The SMILES string of the molecule is CN(C)c1ccc(B(O)O)nn1. The predicted molar refractivity (Wildman–Crippen MR) is 46.2 cm³/mol. The Bertz CT molecular complexity index is 222. The van der Waals surface area contributed by atoms with Crippen molar-refractivity contribution in [2.45, 2.75) is 0 Å². The number of hydrogen-bond donors (Lipinski definition) is 2. The fraction of sp³-hybridized carbons (Fsp3) is 0.333. The Morgan fingerprint density at radius 1 is 1.25 bits per heavy atom. The standard InChI is InChI=1S/C6H10BN3O2/c1-10(2)6-4-3-5(7(11)12)8-9-6/h3-4,11-12H,1-2H3. The summed E-state index contributed by atoms with van der Waals surface area (Å²) in [5.41, 5.74) is 0.153. The first-order chi connectivity index (χ1) is 5.61. The minimum atomic E-state index is -1.55. The summed E-state index contributed by atoms with van der Waals surface area (Å²) in [6.07, 6.45) is 0. The number of rotatable bonds is 2. The van der Waals surface area contributed by atoms with Gasteiger partial charge in [-0.05, 0) is 12.1 Å². The van der Waals surface area contributed by atoms with Crippen LogP contribution in [-0.4, -0.2) is 41.5 Å². The van der Waals surface area contributed by atoms with Gasteiger partial charge in [0.05, 0.1) is 5.59 Å². The third-order valence-electron chi connectivity index (χ3n) is 1.39. The van der Waals surface area contributed by atoms with E-state index in [1.165, 1.54) is 6.07 Å². The summed E-state index contributed by atoms with van der Waals surface area (Å²) in [6.45, 7) is 0. The molecule has 0 aliphatic heterocycles. The number of aromatic nitrogens is 2. The third kappa shape index (κ3) is 1.93. The summed E-state index contributed by atoms with van der Waals surface area (Å²) in [6, 6.07) is 3.19. The van der Waals surface area contributed by atoms with Gasteiger partial charge in [0.1, 0.15) is 0 Å². The van der Waals surface area contributed by atoms with Crippen molar-refractivity contribution in [1.82, 2.24) is 10.2 Å². The van der Waals surface area contributed by atoms with Crippen molar-refractivity contribution in [3.05, 3.63) is 12.1 Å². The van der Waals surface area contributed by atoms with Gasteiger partial charge in [0.25, 0.3) is 0 Å². The van der Waals surface area contributed by atoms with Crippen LogP contribution in [0, 0.1) is 0 Å². The molecule has 2 N–H and O–H groups in total. The molecule has 0 radical (unpaired) electrons. The molecule has 12 heavy (non-hydrogen) atoms. The normalized spacial score (nSPS) is 9.67. The van der Waals surface area contributed by atoms with Crippen LogP contribution < -0.4 is 10.5 Å². The van der Waals surface area contributed by atoms with E-state index < -0.39 is 7.12 Å². The lowest BCUT2D eigenvalue weighted by atomic mass is 9.86. The quantitative estimate of drug-likeness (QED) is 0.509. The molecule has 0 aromatic carbocycles. The predicted octanol–water partition coefficient (Wildman–Crippen LogP) is -1.78. The van der Waals surface area contributed by atoms with Crippen molar-refractivity contribution in [3.8, 4) is 0 Å². The summed E-state index contributed by atoms with van der Waals surface area (Å²) in [5.74, 6) is 0.680. The molecule has 0 amide bonds. The molecule has 0 spiro atoms. The molecule has 6 heteroatoms. The smallest absolute Gasteiger partial charge is 0.422 e. The molecule has 1 aromatic rings. The highest BCUT2D eigenvalue weighted by atomic mass is 16.4. The minimum Gasteiger partial charge on any atom is -0.422 e. The van der Waals surface area contributed by atoms with E-state index in [1.54, 1.807) is 11.0 Å². The van der Waals surface area contributed by atoms with E-state index in [1.807, 2.05) is 14.1 Å². The first-order valence-corrected chi connectivity index (χ1v) is 3.48. The molecular weight excluding hydrogens is 157 g/mol. The Morgan fingerprint density at radius 2 is 1.92 bits per heavy atom.